The number of nitrogens with two attached hydrogens (primary N) is 2. The zero-order chi connectivity index (χ0) is 9.52. The van der Waals surface area contributed by atoms with Gasteiger partial charge in [-0.15, -0.1) is 0 Å². The molecule has 68 valence electrons. The lowest BCUT2D eigenvalue weighted by Gasteiger charge is -1.91. The number of nitrogens with zero attached hydrogens (tertiary/aromatic N) is 1. The summed E-state index contributed by atoms with van der Waals surface area (Å²) in [5, 5.41) is 0. The van der Waals surface area contributed by atoms with Crippen molar-refractivity contribution < 1.29 is 4.42 Å². The fourth-order valence-electron chi connectivity index (χ4n) is 0.947. The van der Waals surface area contributed by atoms with E-state index in [-0.39, 0.29) is 0 Å². The highest BCUT2D eigenvalue weighted by Gasteiger charge is 1.97. The van der Waals surface area contributed by atoms with Crippen molar-refractivity contribution in [1.82, 2.24) is 4.98 Å². The van der Waals surface area contributed by atoms with E-state index in [0.29, 0.717) is 5.89 Å². The molecule has 1 heterocycles. The van der Waals surface area contributed by atoms with Gasteiger partial charge in [0.15, 0.2) is 0 Å². The summed E-state index contributed by atoms with van der Waals surface area (Å²) in [6.45, 7) is 0. The summed E-state index contributed by atoms with van der Waals surface area (Å²) < 4.78 is 5.11. The van der Waals surface area contributed by atoms with Crippen LogP contribution in [0.3, 0.4) is 0 Å². The smallest absolute Gasteiger partial charge is 0.225 e. The van der Waals surface area contributed by atoms with E-state index in [1.807, 2.05) is 30.3 Å². The topological polar surface area (TPSA) is 78.1 Å². The number of oxazole rings is 1. The van der Waals surface area contributed by atoms with Gasteiger partial charge in [-0.25, -0.2) is 4.98 Å². The Morgan fingerprint density at radius 2 is 1.77 bits per heavy atom. The van der Waals surface area contributed by atoms with Gasteiger partial charge in [0.2, 0.25) is 5.89 Å². The van der Waals surface area contributed by atoms with Crippen LogP contribution in [0.4, 0.5) is 0 Å². The van der Waals surface area contributed by atoms with Crippen molar-refractivity contribution in [2.75, 3.05) is 0 Å². The van der Waals surface area contributed by atoms with Crippen LogP contribution in [0.15, 0.2) is 47.2 Å². The van der Waals surface area contributed by atoms with E-state index in [4.69, 9.17) is 4.42 Å². The van der Waals surface area contributed by atoms with Crippen molar-refractivity contribution in [3.05, 3.63) is 42.8 Å². The van der Waals surface area contributed by atoms with Crippen LogP contribution in [0, 0.1) is 0 Å². The summed E-state index contributed by atoms with van der Waals surface area (Å²) in [5.74, 6) is 8.67. The highest BCUT2D eigenvalue weighted by atomic mass is 16.3. The Hall–Kier alpha value is -1.65. The minimum Gasteiger partial charge on any atom is -0.445 e. The predicted octanol–water partition coefficient (Wildman–Crippen LogP) is 1.16. The van der Waals surface area contributed by atoms with Crippen LogP contribution in [0.25, 0.3) is 11.5 Å². The van der Waals surface area contributed by atoms with E-state index in [9.17, 15) is 0 Å². The molecule has 0 unspecified atom stereocenters. The van der Waals surface area contributed by atoms with Crippen molar-refractivity contribution in [1.29, 1.82) is 0 Å². The highest BCUT2D eigenvalue weighted by Crippen LogP contribution is 2.14. The van der Waals surface area contributed by atoms with Gasteiger partial charge in [-0.1, -0.05) is 18.2 Å². The molecule has 0 amide bonds. The minimum atomic E-state index is 0.672. The molecule has 1 aromatic heterocycles. The van der Waals surface area contributed by atoms with E-state index in [2.05, 4.69) is 16.7 Å². The van der Waals surface area contributed by atoms with Crippen LogP contribution in [0.2, 0.25) is 0 Å². The molecule has 0 aliphatic rings. The summed E-state index contributed by atoms with van der Waals surface area (Å²) >= 11 is 0. The predicted molar refractivity (Wildman–Crippen MR) is 50.3 cm³/mol. The largest absolute Gasteiger partial charge is 0.445 e. The zero-order valence-corrected chi connectivity index (χ0v) is 7.05. The Kier molecular flexibility index (Phi) is 3.69. The molecular weight excluding hydrogens is 166 g/mol. The van der Waals surface area contributed by atoms with Crippen molar-refractivity contribution in [3.63, 3.8) is 0 Å². The molecule has 0 saturated heterocycles. The minimum absolute atomic E-state index is 0.672. The molecule has 0 atom stereocenters. The molecule has 0 saturated carbocycles. The number of benzene rings is 1. The molecular formula is C9H11N3O. The maximum Gasteiger partial charge on any atom is 0.225 e. The first-order valence-corrected chi connectivity index (χ1v) is 3.75. The van der Waals surface area contributed by atoms with Crippen LogP contribution in [0.5, 0.6) is 0 Å². The number of rotatable bonds is 1. The molecule has 4 N–H and O–H groups in total. The maximum atomic E-state index is 5.11. The van der Waals surface area contributed by atoms with Gasteiger partial charge >= 0.3 is 0 Å². The molecule has 0 aliphatic heterocycles. The Morgan fingerprint density at radius 3 is 2.31 bits per heavy atom. The molecule has 0 aliphatic carbocycles. The van der Waals surface area contributed by atoms with Crippen LogP contribution >= 0.6 is 0 Å². The van der Waals surface area contributed by atoms with Gasteiger partial charge in [0.05, 0.1) is 6.20 Å². The number of hydrazine groups is 1. The third-order valence-corrected chi connectivity index (χ3v) is 1.45. The number of hydrogen-bond donors (Lipinski definition) is 2. The molecule has 2 rings (SSSR count). The lowest BCUT2D eigenvalue weighted by molar-refractivity contribution is 0.574. The summed E-state index contributed by atoms with van der Waals surface area (Å²) in [6, 6.07) is 9.81. The molecule has 0 fully saturated rings. The Morgan fingerprint density at radius 1 is 1.08 bits per heavy atom. The zero-order valence-electron chi connectivity index (χ0n) is 7.05. The van der Waals surface area contributed by atoms with Gasteiger partial charge in [0.25, 0.3) is 0 Å². The Balaban J connectivity index is 0.000000396. The quantitative estimate of drug-likeness (QED) is 0.506. The second kappa shape index (κ2) is 5.08. The molecule has 0 bridgehead atoms. The average molecular weight is 177 g/mol. The molecule has 1 aromatic carbocycles. The summed E-state index contributed by atoms with van der Waals surface area (Å²) in [7, 11) is 0. The monoisotopic (exact) mass is 177 g/mol. The van der Waals surface area contributed by atoms with Crippen molar-refractivity contribution in [2.24, 2.45) is 11.7 Å². The molecule has 2 aromatic rings. The van der Waals surface area contributed by atoms with E-state index in [0.717, 1.165) is 5.56 Å². The van der Waals surface area contributed by atoms with Gasteiger partial charge in [-0.05, 0) is 12.1 Å². The fourth-order valence-corrected chi connectivity index (χ4v) is 0.947. The second-order valence-electron chi connectivity index (χ2n) is 2.20. The van der Waals surface area contributed by atoms with Crippen molar-refractivity contribution in [3.8, 4) is 11.5 Å². The Bertz CT molecular complexity index is 318. The van der Waals surface area contributed by atoms with E-state index in [1.54, 1.807) is 12.5 Å². The van der Waals surface area contributed by atoms with Crippen molar-refractivity contribution >= 4 is 0 Å². The highest BCUT2D eigenvalue weighted by molar-refractivity contribution is 5.51. The van der Waals surface area contributed by atoms with Gasteiger partial charge in [-0.2, -0.15) is 0 Å². The first-order valence-electron chi connectivity index (χ1n) is 3.75. The number of aromatic nitrogens is 1. The Labute approximate surface area is 76.2 Å². The maximum absolute atomic E-state index is 5.11. The summed E-state index contributed by atoms with van der Waals surface area (Å²) in [6.07, 6.45) is 3.21. The molecule has 0 radical (unpaired) electrons. The van der Waals surface area contributed by atoms with E-state index >= 15 is 0 Å². The third-order valence-electron chi connectivity index (χ3n) is 1.45. The lowest BCUT2D eigenvalue weighted by atomic mass is 10.2. The normalized spacial score (nSPS) is 8.77. The van der Waals surface area contributed by atoms with Crippen LogP contribution in [-0.2, 0) is 0 Å². The van der Waals surface area contributed by atoms with Gasteiger partial charge in [0, 0.05) is 5.56 Å². The molecule has 13 heavy (non-hydrogen) atoms. The molecule has 0 spiro atoms. The number of hydrogen-bond acceptors (Lipinski definition) is 4. The van der Waals surface area contributed by atoms with Crippen molar-refractivity contribution in [2.45, 2.75) is 0 Å². The summed E-state index contributed by atoms with van der Waals surface area (Å²) in [5.41, 5.74) is 1.01. The first kappa shape index (κ1) is 9.44. The van der Waals surface area contributed by atoms with Crippen LogP contribution in [-0.4, -0.2) is 4.98 Å². The van der Waals surface area contributed by atoms with Crippen LogP contribution < -0.4 is 11.7 Å². The average Bonchev–Trinajstić information content (AvgIpc) is 2.75. The van der Waals surface area contributed by atoms with Gasteiger partial charge in [-0.3, -0.25) is 11.7 Å². The first-order chi connectivity index (χ1) is 6.47. The molecule has 4 heteroatoms. The standard InChI is InChI=1S/C9H7NO.H4N2/c1-2-4-8(5-3-1)9-10-6-7-11-9;1-2/h1-7H;1-2H2. The fraction of sp³-hybridized carbons (Fsp3) is 0. The second-order valence-corrected chi connectivity index (χ2v) is 2.20. The summed E-state index contributed by atoms with van der Waals surface area (Å²) in [4.78, 5) is 4.02. The van der Waals surface area contributed by atoms with Gasteiger partial charge < -0.3 is 4.42 Å². The van der Waals surface area contributed by atoms with Gasteiger partial charge in [0.1, 0.15) is 6.26 Å². The SMILES string of the molecule is NN.c1ccc(-c2ncco2)cc1. The molecule has 4 nitrogen and oxygen atoms in total. The third kappa shape index (κ3) is 2.40. The van der Waals surface area contributed by atoms with E-state index in [1.165, 1.54) is 0 Å². The lowest BCUT2D eigenvalue weighted by Crippen LogP contribution is -2.02. The van der Waals surface area contributed by atoms with Crippen LogP contribution in [0.1, 0.15) is 0 Å². The van der Waals surface area contributed by atoms with E-state index < -0.39 is 0 Å².